The van der Waals surface area contributed by atoms with E-state index in [9.17, 15) is 9.59 Å². The molecular weight excluding hydrogens is 398 g/mol. The van der Waals surface area contributed by atoms with Gasteiger partial charge in [-0.25, -0.2) is 4.79 Å². The standard InChI is InChI=1S/C20H20BrNO4/c1-3-12-26-20(24)15-6-8-16(9-7-15)22-19(23)11-5-14-4-10-18(25-2)17(21)13-14/h4-11,13H,3,12H2,1-2H3,(H,22,23)/b11-5+. The largest absolute Gasteiger partial charge is 0.496 e. The van der Waals surface area contributed by atoms with E-state index in [-0.39, 0.29) is 11.9 Å². The minimum atomic E-state index is -0.366. The zero-order chi connectivity index (χ0) is 18.9. The lowest BCUT2D eigenvalue weighted by Gasteiger charge is -2.05. The van der Waals surface area contributed by atoms with Gasteiger partial charge in [-0.3, -0.25) is 4.79 Å². The Morgan fingerprint density at radius 3 is 2.50 bits per heavy atom. The van der Waals surface area contributed by atoms with Crippen LogP contribution in [0.15, 0.2) is 53.0 Å². The molecule has 1 N–H and O–H groups in total. The summed E-state index contributed by atoms with van der Waals surface area (Å²) >= 11 is 3.40. The number of carbonyl (C=O) groups excluding carboxylic acids is 2. The van der Waals surface area contributed by atoms with Gasteiger partial charge < -0.3 is 14.8 Å². The molecule has 0 radical (unpaired) electrons. The van der Waals surface area contributed by atoms with E-state index >= 15 is 0 Å². The van der Waals surface area contributed by atoms with Crippen LogP contribution < -0.4 is 10.1 Å². The summed E-state index contributed by atoms with van der Waals surface area (Å²) in [7, 11) is 1.60. The third-order valence-electron chi connectivity index (χ3n) is 3.43. The van der Waals surface area contributed by atoms with Gasteiger partial charge in [0.1, 0.15) is 5.75 Å². The van der Waals surface area contributed by atoms with Crippen LogP contribution in [0.1, 0.15) is 29.3 Å². The molecule has 0 aromatic heterocycles. The third kappa shape index (κ3) is 5.74. The Balaban J connectivity index is 1.95. The quantitative estimate of drug-likeness (QED) is 0.524. The second kappa shape index (κ2) is 9.77. The Morgan fingerprint density at radius 2 is 1.88 bits per heavy atom. The number of hydrogen-bond acceptors (Lipinski definition) is 4. The van der Waals surface area contributed by atoms with Crippen LogP contribution in [-0.4, -0.2) is 25.6 Å². The fourth-order valence-electron chi connectivity index (χ4n) is 2.11. The van der Waals surface area contributed by atoms with E-state index in [0.717, 1.165) is 22.2 Å². The molecule has 0 aliphatic heterocycles. The number of anilines is 1. The van der Waals surface area contributed by atoms with E-state index in [1.807, 2.05) is 25.1 Å². The minimum Gasteiger partial charge on any atom is -0.496 e. The normalized spacial score (nSPS) is 10.6. The first kappa shape index (κ1) is 19.7. The Labute approximate surface area is 161 Å². The molecule has 0 bridgehead atoms. The summed E-state index contributed by atoms with van der Waals surface area (Å²) in [5.41, 5.74) is 1.92. The lowest BCUT2D eigenvalue weighted by atomic mass is 10.2. The SMILES string of the molecule is CCCOC(=O)c1ccc(NC(=O)/C=C/c2ccc(OC)c(Br)c2)cc1. The van der Waals surface area contributed by atoms with Crippen LogP contribution in [-0.2, 0) is 9.53 Å². The van der Waals surface area contributed by atoms with Crippen LogP contribution in [0.3, 0.4) is 0 Å². The fourth-order valence-corrected chi connectivity index (χ4v) is 2.67. The third-order valence-corrected chi connectivity index (χ3v) is 4.05. The highest BCUT2D eigenvalue weighted by Gasteiger charge is 2.07. The van der Waals surface area contributed by atoms with Gasteiger partial charge in [0.25, 0.3) is 0 Å². The summed E-state index contributed by atoms with van der Waals surface area (Å²) in [5, 5.41) is 2.74. The Hall–Kier alpha value is -2.60. The minimum absolute atomic E-state index is 0.266. The van der Waals surface area contributed by atoms with Crippen molar-refractivity contribution in [3.05, 3.63) is 64.1 Å². The zero-order valence-corrected chi connectivity index (χ0v) is 16.2. The molecule has 0 saturated heterocycles. The number of halogens is 1. The number of methoxy groups -OCH3 is 1. The van der Waals surface area contributed by atoms with E-state index in [2.05, 4.69) is 21.2 Å². The predicted molar refractivity (Wildman–Crippen MR) is 105 cm³/mol. The van der Waals surface area contributed by atoms with Gasteiger partial charge in [0.15, 0.2) is 0 Å². The summed E-state index contributed by atoms with van der Waals surface area (Å²) < 4.78 is 11.0. The number of esters is 1. The molecule has 0 aliphatic carbocycles. The molecule has 2 aromatic rings. The monoisotopic (exact) mass is 417 g/mol. The fraction of sp³-hybridized carbons (Fsp3) is 0.200. The molecule has 5 nitrogen and oxygen atoms in total. The van der Waals surface area contributed by atoms with E-state index < -0.39 is 0 Å². The molecule has 136 valence electrons. The molecule has 0 fully saturated rings. The van der Waals surface area contributed by atoms with Crippen LogP contribution in [0.25, 0.3) is 6.08 Å². The lowest BCUT2D eigenvalue weighted by molar-refractivity contribution is -0.111. The first-order chi connectivity index (χ1) is 12.5. The number of benzene rings is 2. The van der Waals surface area contributed by atoms with E-state index in [1.54, 1.807) is 37.5 Å². The zero-order valence-electron chi connectivity index (χ0n) is 14.6. The second-order valence-electron chi connectivity index (χ2n) is 5.43. The van der Waals surface area contributed by atoms with Gasteiger partial charge in [-0.1, -0.05) is 13.0 Å². The Kier molecular flexibility index (Phi) is 7.41. The highest BCUT2D eigenvalue weighted by Crippen LogP contribution is 2.26. The average Bonchev–Trinajstić information content (AvgIpc) is 2.65. The van der Waals surface area contributed by atoms with Gasteiger partial charge in [0, 0.05) is 11.8 Å². The summed E-state index contributed by atoms with van der Waals surface area (Å²) in [6, 6.07) is 12.1. The van der Waals surface area contributed by atoms with Crippen LogP contribution in [0.5, 0.6) is 5.75 Å². The molecule has 0 saturated carbocycles. The molecule has 26 heavy (non-hydrogen) atoms. The van der Waals surface area contributed by atoms with Crippen molar-refractivity contribution in [3.63, 3.8) is 0 Å². The van der Waals surface area contributed by atoms with E-state index in [0.29, 0.717) is 17.9 Å². The van der Waals surface area contributed by atoms with Gasteiger partial charge in [-0.2, -0.15) is 0 Å². The first-order valence-corrected chi connectivity index (χ1v) is 8.92. The molecule has 6 heteroatoms. The van der Waals surface area contributed by atoms with Crippen LogP contribution in [0.4, 0.5) is 5.69 Å². The van der Waals surface area contributed by atoms with Gasteiger partial charge in [-0.15, -0.1) is 0 Å². The maximum absolute atomic E-state index is 12.0. The lowest BCUT2D eigenvalue weighted by Crippen LogP contribution is -2.09. The number of nitrogens with one attached hydrogen (secondary N) is 1. The second-order valence-corrected chi connectivity index (χ2v) is 6.28. The molecule has 2 aromatic carbocycles. The smallest absolute Gasteiger partial charge is 0.338 e. The first-order valence-electron chi connectivity index (χ1n) is 8.13. The molecular formula is C20H20BrNO4. The van der Waals surface area contributed by atoms with Gasteiger partial charge in [0.05, 0.1) is 23.8 Å². The van der Waals surface area contributed by atoms with Crippen molar-refractivity contribution < 1.29 is 19.1 Å². The molecule has 0 aliphatic rings. The maximum Gasteiger partial charge on any atom is 0.338 e. The van der Waals surface area contributed by atoms with E-state index in [4.69, 9.17) is 9.47 Å². The Bertz CT molecular complexity index is 800. The molecule has 0 spiro atoms. The molecule has 0 atom stereocenters. The average molecular weight is 418 g/mol. The van der Waals surface area contributed by atoms with Crippen molar-refractivity contribution in [2.45, 2.75) is 13.3 Å². The number of hydrogen-bond donors (Lipinski definition) is 1. The van der Waals surface area contributed by atoms with Crippen molar-refractivity contribution in [1.82, 2.24) is 0 Å². The topological polar surface area (TPSA) is 64.6 Å². The van der Waals surface area contributed by atoms with Crippen LogP contribution in [0, 0.1) is 0 Å². The number of carbonyl (C=O) groups is 2. The number of rotatable bonds is 7. The molecule has 2 rings (SSSR count). The van der Waals surface area contributed by atoms with Crippen molar-refractivity contribution in [2.75, 3.05) is 19.0 Å². The van der Waals surface area contributed by atoms with Gasteiger partial charge >= 0.3 is 5.97 Å². The number of amides is 1. The highest BCUT2D eigenvalue weighted by atomic mass is 79.9. The highest BCUT2D eigenvalue weighted by molar-refractivity contribution is 9.10. The van der Waals surface area contributed by atoms with Crippen molar-refractivity contribution >= 4 is 39.6 Å². The van der Waals surface area contributed by atoms with Gasteiger partial charge in [-0.05, 0) is 70.4 Å². The Morgan fingerprint density at radius 1 is 1.15 bits per heavy atom. The van der Waals surface area contributed by atoms with Crippen molar-refractivity contribution in [3.8, 4) is 5.75 Å². The van der Waals surface area contributed by atoms with E-state index in [1.165, 1.54) is 6.08 Å². The molecule has 0 unspecified atom stereocenters. The maximum atomic E-state index is 12.0. The van der Waals surface area contributed by atoms with Gasteiger partial charge in [0.2, 0.25) is 5.91 Å². The summed E-state index contributed by atoms with van der Waals surface area (Å²) in [4.78, 5) is 23.8. The molecule has 0 heterocycles. The number of ether oxygens (including phenoxy) is 2. The summed E-state index contributed by atoms with van der Waals surface area (Å²) in [5.74, 6) is 0.0945. The van der Waals surface area contributed by atoms with Crippen LogP contribution in [0.2, 0.25) is 0 Å². The molecule has 1 amide bonds. The summed E-state index contributed by atoms with van der Waals surface area (Å²) in [6.45, 7) is 2.33. The summed E-state index contributed by atoms with van der Waals surface area (Å²) in [6.07, 6.45) is 3.92. The van der Waals surface area contributed by atoms with Crippen molar-refractivity contribution in [2.24, 2.45) is 0 Å². The van der Waals surface area contributed by atoms with Crippen molar-refractivity contribution in [1.29, 1.82) is 0 Å². The van der Waals surface area contributed by atoms with Crippen LogP contribution >= 0.6 is 15.9 Å². The predicted octanol–water partition coefficient (Wildman–Crippen LogP) is 4.68.